The summed E-state index contributed by atoms with van der Waals surface area (Å²) in [7, 11) is -1.06. The van der Waals surface area contributed by atoms with Gasteiger partial charge >= 0.3 is 5.97 Å². The number of ether oxygens (including phenoxy) is 1. The molecule has 0 radical (unpaired) electrons. The maximum atomic E-state index is 11.0. The van der Waals surface area contributed by atoms with Crippen LogP contribution < -0.4 is 4.74 Å². The van der Waals surface area contributed by atoms with Gasteiger partial charge in [-0.15, -0.1) is 0 Å². The average Bonchev–Trinajstić information content (AvgIpc) is 2.41. The number of aromatic carboxylic acids is 1. The summed E-state index contributed by atoms with van der Waals surface area (Å²) in [5, 5.41) is 8.77. The number of nitrogens with zero attached hydrogens (tertiary/aromatic N) is 1. The first-order valence-electron chi connectivity index (χ1n) is 6.60. The van der Waals surface area contributed by atoms with E-state index in [1.807, 2.05) is 11.9 Å². The van der Waals surface area contributed by atoms with Crippen molar-refractivity contribution in [1.29, 1.82) is 0 Å². The van der Waals surface area contributed by atoms with Crippen molar-refractivity contribution < 1.29 is 23.1 Å². The molecule has 0 atom stereocenters. The maximum Gasteiger partial charge on any atom is 0.335 e. The molecule has 0 aliphatic heterocycles. The van der Waals surface area contributed by atoms with E-state index in [9.17, 15) is 13.2 Å². The molecule has 7 heteroatoms. The third kappa shape index (κ3) is 7.67. The number of carbonyl (C=O) groups is 1. The molecule has 0 fully saturated rings. The van der Waals surface area contributed by atoms with Crippen LogP contribution in [-0.4, -0.2) is 63.1 Å². The Balaban J connectivity index is 2.23. The Morgan fingerprint density at radius 2 is 1.86 bits per heavy atom. The van der Waals surface area contributed by atoms with E-state index >= 15 is 0 Å². The standard InChI is InChI=1S/C14H21NO5S/c1-15(9-11-21(2,18)19)8-3-10-20-13-6-4-12(5-7-13)14(16)17/h4-7H,3,8-11H2,1-2H3,(H,16,17). The monoisotopic (exact) mass is 315 g/mol. The predicted octanol–water partition coefficient (Wildman–Crippen LogP) is 1.13. The summed E-state index contributed by atoms with van der Waals surface area (Å²) < 4.78 is 27.6. The highest BCUT2D eigenvalue weighted by Crippen LogP contribution is 2.12. The Morgan fingerprint density at radius 3 is 2.38 bits per heavy atom. The van der Waals surface area contributed by atoms with Crippen LogP contribution in [0.2, 0.25) is 0 Å². The molecule has 118 valence electrons. The first-order valence-corrected chi connectivity index (χ1v) is 8.66. The highest BCUT2D eigenvalue weighted by Gasteiger charge is 2.06. The predicted molar refractivity (Wildman–Crippen MR) is 80.7 cm³/mol. The SMILES string of the molecule is CN(CCCOc1ccc(C(=O)O)cc1)CCS(C)(=O)=O. The minimum Gasteiger partial charge on any atom is -0.494 e. The molecule has 0 bridgehead atoms. The molecule has 0 saturated heterocycles. The van der Waals surface area contributed by atoms with Crippen LogP contribution in [-0.2, 0) is 9.84 Å². The number of hydrogen-bond donors (Lipinski definition) is 1. The van der Waals surface area contributed by atoms with Gasteiger partial charge in [-0.3, -0.25) is 0 Å². The lowest BCUT2D eigenvalue weighted by molar-refractivity contribution is 0.0697. The van der Waals surface area contributed by atoms with Gasteiger partial charge in [0.15, 0.2) is 0 Å². The van der Waals surface area contributed by atoms with Gasteiger partial charge in [0, 0.05) is 19.3 Å². The van der Waals surface area contributed by atoms with Crippen LogP contribution in [0.5, 0.6) is 5.75 Å². The van der Waals surface area contributed by atoms with Crippen molar-refractivity contribution in [1.82, 2.24) is 4.90 Å². The van der Waals surface area contributed by atoms with Crippen molar-refractivity contribution in [3.05, 3.63) is 29.8 Å². The molecule has 0 amide bonds. The van der Waals surface area contributed by atoms with E-state index in [2.05, 4.69) is 0 Å². The molecular weight excluding hydrogens is 294 g/mol. The summed E-state index contributed by atoms with van der Waals surface area (Å²) in [5.41, 5.74) is 0.225. The molecule has 1 N–H and O–H groups in total. The first kappa shape index (κ1) is 17.5. The lowest BCUT2D eigenvalue weighted by Crippen LogP contribution is -2.27. The van der Waals surface area contributed by atoms with Gasteiger partial charge in [-0.25, -0.2) is 13.2 Å². The fourth-order valence-corrected chi connectivity index (χ4v) is 2.30. The smallest absolute Gasteiger partial charge is 0.335 e. The second-order valence-electron chi connectivity index (χ2n) is 4.96. The zero-order valence-corrected chi connectivity index (χ0v) is 13.1. The van der Waals surface area contributed by atoms with Gasteiger partial charge in [0.1, 0.15) is 15.6 Å². The van der Waals surface area contributed by atoms with Gasteiger partial charge < -0.3 is 14.7 Å². The van der Waals surface area contributed by atoms with Crippen LogP contribution in [0.25, 0.3) is 0 Å². The van der Waals surface area contributed by atoms with Gasteiger partial charge in [-0.1, -0.05) is 0 Å². The van der Waals surface area contributed by atoms with E-state index in [1.165, 1.54) is 18.4 Å². The third-order valence-corrected chi connectivity index (χ3v) is 3.82. The van der Waals surface area contributed by atoms with E-state index < -0.39 is 15.8 Å². The Hall–Kier alpha value is -1.60. The first-order chi connectivity index (χ1) is 9.78. The molecule has 0 saturated carbocycles. The highest BCUT2D eigenvalue weighted by molar-refractivity contribution is 7.90. The fourth-order valence-electron chi connectivity index (χ4n) is 1.65. The van der Waals surface area contributed by atoms with Crippen molar-refractivity contribution in [3.63, 3.8) is 0 Å². The second kappa shape index (κ2) is 7.99. The molecule has 1 aromatic rings. The number of rotatable bonds is 9. The summed E-state index contributed by atoms with van der Waals surface area (Å²) in [6, 6.07) is 6.24. The normalized spacial score (nSPS) is 11.6. The maximum absolute atomic E-state index is 11.0. The molecule has 1 aromatic carbocycles. The van der Waals surface area contributed by atoms with E-state index in [-0.39, 0.29) is 11.3 Å². The van der Waals surface area contributed by atoms with Crippen molar-refractivity contribution in [2.24, 2.45) is 0 Å². The summed E-state index contributed by atoms with van der Waals surface area (Å²) >= 11 is 0. The summed E-state index contributed by atoms with van der Waals surface area (Å²) in [4.78, 5) is 12.6. The van der Waals surface area contributed by atoms with E-state index in [1.54, 1.807) is 12.1 Å². The molecule has 21 heavy (non-hydrogen) atoms. The minimum absolute atomic E-state index is 0.154. The number of hydrogen-bond acceptors (Lipinski definition) is 5. The summed E-state index contributed by atoms with van der Waals surface area (Å²) in [6.45, 7) is 1.74. The number of benzene rings is 1. The molecule has 0 aromatic heterocycles. The molecule has 1 rings (SSSR count). The van der Waals surface area contributed by atoms with Crippen LogP contribution >= 0.6 is 0 Å². The molecule has 0 spiro atoms. The van der Waals surface area contributed by atoms with Crippen LogP contribution in [0, 0.1) is 0 Å². The van der Waals surface area contributed by atoms with Crippen molar-refractivity contribution in [2.75, 3.05) is 38.8 Å². The topological polar surface area (TPSA) is 83.9 Å². The Morgan fingerprint density at radius 1 is 1.24 bits per heavy atom. The van der Waals surface area contributed by atoms with Crippen LogP contribution in [0.15, 0.2) is 24.3 Å². The second-order valence-corrected chi connectivity index (χ2v) is 7.22. The Labute approximate surface area is 125 Å². The van der Waals surface area contributed by atoms with Gasteiger partial charge in [0.05, 0.1) is 17.9 Å². The zero-order chi connectivity index (χ0) is 15.9. The van der Waals surface area contributed by atoms with Gasteiger partial charge in [0.2, 0.25) is 0 Å². The highest BCUT2D eigenvalue weighted by atomic mass is 32.2. The van der Waals surface area contributed by atoms with Crippen molar-refractivity contribution >= 4 is 15.8 Å². The summed E-state index contributed by atoms with van der Waals surface area (Å²) in [6.07, 6.45) is 1.99. The van der Waals surface area contributed by atoms with Crippen molar-refractivity contribution in [3.8, 4) is 5.75 Å². The molecule has 0 aliphatic rings. The van der Waals surface area contributed by atoms with Gasteiger partial charge in [0.25, 0.3) is 0 Å². The van der Waals surface area contributed by atoms with E-state index in [0.717, 1.165) is 13.0 Å². The molecule has 0 heterocycles. The fraction of sp³-hybridized carbons (Fsp3) is 0.500. The molecule has 6 nitrogen and oxygen atoms in total. The van der Waals surface area contributed by atoms with Crippen LogP contribution in [0.3, 0.4) is 0 Å². The molecular formula is C14H21NO5S. The Bertz CT molecular complexity index is 553. The Kier molecular flexibility index (Phi) is 6.64. The number of sulfone groups is 1. The molecule has 0 aliphatic carbocycles. The number of carboxylic acids is 1. The zero-order valence-electron chi connectivity index (χ0n) is 12.3. The summed E-state index contributed by atoms with van der Waals surface area (Å²) in [5.74, 6) is -0.186. The molecule has 0 unspecified atom stereocenters. The quantitative estimate of drug-likeness (QED) is 0.688. The van der Waals surface area contributed by atoms with Crippen LogP contribution in [0.4, 0.5) is 0 Å². The third-order valence-electron chi connectivity index (χ3n) is 2.90. The largest absolute Gasteiger partial charge is 0.494 e. The van der Waals surface area contributed by atoms with E-state index in [0.29, 0.717) is 18.9 Å². The minimum atomic E-state index is -2.92. The van der Waals surface area contributed by atoms with Gasteiger partial charge in [-0.2, -0.15) is 0 Å². The van der Waals surface area contributed by atoms with Crippen LogP contribution in [0.1, 0.15) is 16.8 Å². The lowest BCUT2D eigenvalue weighted by Gasteiger charge is -2.16. The van der Waals surface area contributed by atoms with Gasteiger partial charge in [-0.05, 0) is 37.7 Å². The van der Waals surface area contributed by atoms with E-state index in [4.69, 9.17) is 9.84 Å². The number of carboxylic acid groups (broad SMARTS) is 1. The lowest BCUT2D eigenvalue weighted by atomic mass is 10.2. The average molecular weight is 315 g/mol. The van der Waals surface area contributed by atoms with Crippen molar-refractivity contribution in [2.45, 2.75) is 6.42 Å².